The van der Waals surface area contributed by atoms with Crippen molar-refractivity contribution in [1.29, 1.82) is 0 Å². The molecule has 0 atom stereocenters. The molecule has 0 saturated carbocycles. The van der Waals surface area contributed by atoms with Crippen LogP contribution in [0.5, 0.6) is 0 Å². The Bertz CT molecular complexity index is 301. The van der Waals surface area contributed by atoms with Crippen LogP contribution in [0.25, 0.3) is 0 Å². The van der Waals surface area contributed by atoms with E-state index in [1.807, 2.05) is 0 Å². The van der Waals surface area contributed by atoms with Crippen LogP contribution in [0.15, 0.2) is 10.8 Å². The molecule has 3 heteroatoms. The van der Waals surface area contributed by atoms with Crippen molar-refractivity contribution in [2.75, 3.05) is 0 Å². The zero-order chi connectivity index (χ0) is 8.77. The molecule has 0 aliphatic carbocycles. The van der Waals surface area contributed by atoms with Crippen LogP contribution in [0, 0.1) is 5.41 Å². The summed E-state index contributed by atoms with van der Waals surface area (Å²) in [4.78, 5) is 4.43. The van der Waals surface area contributed by atoms with Gasteiger partial charge in [0.15, 0.2) is 0 Å². The van der Waals surface area contributed by atoms with Crippen molar-refractivity contribution in [3.05, 3.63) is 16.6 Å². The lowest BCUT2D eigenvalue weighted by Gasteiger charge is -2.29. The summed E-state index contributed by atoms with van der Waals surface area (Å²) < 4.78 is 3.21. The quantitative estimate of drug-likeness (QED) is 0.668. The summed E-state index contributed by atoms with van der Waals surface area (Å²) >= 11 is 3.40. The Balaban J connectivity index is 2.34. The van der Waals surface area contributed by atoms with Crippen LogP contribution >= 0.6 is 15.9 Å². The number of nitrogens with zero attached hydrogens (tertiary/aromatic N) is 2. The van der Waals surface area contributed by atoms with Crippen molar-refractivity contribution in [1.82, 2.24) is 9.55 Å². The first-order valence-corrected chi connectivity index (χ1v) is 5.08. The first-order valence-electron chi connectivity index (χ1n) is 4.28. The maximum Gasteiger partial charge on any atom is 0.124 e. The van der Waals surface area contributed by atoms with E-state index in [1.54, 1.807) is 0 Å². The number of hydrogen-bond donors (Lipinski definition) is 0. The topological polar surface area (TPSA) is 17.8 Å². The minimum Gasteiger partial charge on any atom is -0.334 e. The Morgan fingerprint density at radius 1 is 1.58 bits per heavy atom. The van der Waals surface area contributed by atoms with Gasteiger partial charge in [-0.05, 0) is 27.8 Å². The van der Waals surface area contributed by atoms with Gasteiger partial charge in [0.2, 0.25) is 0 Å². The molecule has 0 unspecified atom stereocenters. The Hall–Kier alpha value is -0.310. The minimum atomic E-state index is 0.431. The molecule has 2 heterocycles. The van der Waals surface area contributed by atoms with Crippen molar-refractivity contribution in [3.8, 4) is 0 Å². The van der Waals surface area contributed by atoms with Gasteiger partial charge in [0.1, 0.15) is 10.4 Å². The average Bonchev–Trinajstić information content (AvgIpc) is 2.26. The fourth-order valence-electron chi connectivity index (χ4n) is 1.69. The smallest absolute Gasteiger partial charge is 0.124 e. The van der Waals surface area contributed by atoms with Crippen molar-refractivity contribution in [2.24, 2.45) is 5.41 Å². The summed E-state index contributed by atoms with van der Waals surface area (Å²) in [5.41, 5.74) is 0.431. The molecule has 0 N–H and O–H groups in total. The molecule has 2 rings (SSSR count). The SMILES string of the molecule is CC1(C)CCn2cc(Br)nc2C1. The minimum absolute atomic E-state index is 0.431. The van der Waals surface area contributed by atoms with Gasteiger partial charge >= 0.3 is 0 Å². The highest BCUT2D eigenvalue weighted by Crippen LogP contribution is 2.31. The molecule has 0 bridgehead atoms. The van der Waals surface area contributed by atoms with Crippen LogP contribution in [0.2, 0.25) is 0 Å². The lowest BCUT2D eigenvalue weighted by molar-refractivity contribution is 0.267. The van der Waals surface area contributed by atoms with Gasteiger partial charge in [-0.25, -0.2) is 4.98 Å². The van der Waals surface area contributed by atoms with E-state index in [0.29, 0.717) is 5.41 Å². The normalized spacial score (nSPS) is 20.6. The second-order valence-corrected chi connectivity index (χ2v) is 5.08. The lowest BCUT2D eigenvalue weighted by Crippen LogP contribution is -2.25. The molecule has 66 valence electrons. The maximum atomic E-state index is 4.43. The van der Waals surface area contributed by atoms with E-state index in [1.165, 1.54) is 12.2 Å². The Morgan fingerprint density at radius 2 is 2.33 bits per heavy atom. The standard InChI is InChI=1S/C9H13BrN2/c1-9(2)3-4-12-6-7(10)11-8(12)5-9/h6H,3-5H2,1-2H3. The van der Waals surface area contributed by atoms with Crippen LogP contribution in [0.4, 0.5) is 0 Å². The molecule has 2 nitrogen and oxygen atoms in total. The average molecular weight is 229 g/mol. The molecular formula is C9H13BrN2. The highest BCUT2D eigenvalue weighted by molar-refractivity contribution is 9.10. The first kappa shape index (κ1) is 8.30. The van der Waals surface area contributed by atoms with Crippen LogP contribution in [0.1, 0.15) is 26.1 Å². The Kier molecular flexibility index (Phi) is 1.79. The van der Waals surface area contributed by atoms with E-state index < -0.39 is 0 Å². The third-order valence-corrected chi connectivity index (χ3v) is 2.88. The zero-order valence-corrected chi connectivity index (χ0v) is 9.06. The van der Waals surface area contributed by atoms with Crippen LogP contribution < -0.4 is 0 Å². The molecule has 12 heavy (non-hydrogen) atoms. The predicted molar refractivity (Wildman–Crippen MR) is 52.0 cm³/mol. The van der Waals surface area contributed by atoms with Gasteiger partial charge in [-0.2, -0.15) is 0 Å². The second-order valence-electron chi connectivity index (χ2n) is 4.26. The molecule has 1 aromatic rings. The predicted octanol–water partition coefficient (Wildman–Crippen LogP) is 2.62. The molecule has 0 fully saturated rings. The number of rotatable bonds is 0. The van der Waals surface area contributed by atoms with E-state index in [-0.39, 0.29) is 0 Å². The fraction of sp³-hybridized carbons (Fsp3) is 0.667. The van der Waals surface area contributed by atoms with Gasteiger partial charge < -0.3 is 4.57 Å². The van der Waals surface area contributed by atoms with Gasteiger partial charge in [0, 0.05) is 19.2 Å². The van der Waals surface area contributed by atoms with Crippen molar-refractivity contribution >= 4 is 15.9 Å². The Morgan fingerprint density at radius 3 is 3.08 bits per heavy atom. The fourth-order valence-corrected chi connectivity index (χ4v) is 2.15. The molecule has 0 radical (unpaired) electrons. The van der Waals surface area contributed by atoms with Crippen LogP contribution in [-0.2, 0) is 13.0 Å². The first-order chi connectivity index (χ1) is 5.57. The second kappa shape index (κ2) is 2.59. The van der Waals surface area contributed by atoms with Gasteiger partial charge in [0.25, 0.3) is 0 Å². The monoisotopic (exact) mass is 228 g/mol. The van der Waals surface area contributed by atoms with E-state index in [0.717, 1.165) is 17.6 Å². The van der Waals surface area contributed by atoms with Gasteiger partial charge in [-0.3, -0.25) is 0 Å². The molecular weight excluding hydrogens is 216 g/mol. The number of aromatic nitrogens is 2. The number of halogens is 1. The molecule has 0 spiro atoms. The highest BCUT2D eigenvalue weighted by atomic mass is 79.9. The van der Waals surface area contributed by atoms with E-state index in [2.05, 4.69) is 45.5 Å². The number of fused-ring (bicyclic) bond motifs is 1. The molecule has 0 saturated heterocycles. The molecule has 0 aromatic carbocycles. The van der Waals surface area contributed by atoms with Gasteiger partial charge in [0.05, 0.1) is 0 Å². The number of imidazole rings is 1. The van der Waals surface area contributed by atoms with E-state index in [9.17, 15) is 0 Å². The third kappa shape index (κ3) is 1.42. The molecule has 0 amide bonds. The number of aryl methyl sites for hydroxylation is 1. The molecule has 1 aliphatic heterocycles. The molecule has 1 aliphatic rings. The summed E-state index contributed by atoms with van der Waals surface area (Å²) in [7, 11) is 0. The lowest BCUT2D eigenvalue weighted by atomic mass is 9.83. The molecule has 1 aromatic heterocycles. The largest absolute Gasteiger partial charge is 0.334 e. The Labute approximate surface area is 81.1 Å². The summed E-state index contributed by atoms with van der Waals surface area (Å²) in [6, 6.07) is 0. The van der Waals surface area contributed by atoms with Gasteiger partial charge in [-0.1, -0.05) is 13.8 Å². The van der Waals surface area contributed by atoms with Gasteiger partial charge in [-0.15, -0.1) is 0 Å². The van der Waals surface area contributed by atoms with Crippen molar-refractivity contribution in [2.45, 2.75) is 33.2 Å². The maximum absolute atomic E-state index is 4.43. The third-order valence-electron chi connectivity index (χ3n) is 2.50. The highest BCUT2D eigenvalue weighted by Gasteiger charge is 2.26. The number of hydrogen-bond acceptors (Lipinski definition) is 1. The summed E-state index contributed by atoms with van der Waals surface area (Å²) in [5.74, 6) is 1.22. The van der Waals surface area contributed by atoms with Crippen molar-refractivity contribution in [3.63, 3.8) is 0 Å². The zero-order valence-electron chi connectivity index (χ0n) is 7.47. The van der Waals surface area contributed by atoms with Crippen LogP contribution in [0.3, 0.4) is 0 Å². The van der Waals surface area contributed by atoms with Crippen LogP contribution in [-0.4, -0.2) is 9.55 Å². The van der Waals surface area contributed by atoms with E-state index >= 15 is 0 Å². The summed E-state index contributed by atoms with van der Waals surface area (Å²) in [6.45, 7) is 5.72. The summed E-state index contributed by atoms with van der Waals surface area (Å²) in [5, 5.41) is 0. The summed E-state index contributed by atoms with van der Waals surface area (Å²) in [6.07, 6.45) is 4.42. The van der Waals surface area contributed by atoms with Crippen molar-refractivity contribution < 1.29 is 0 Å². The van der Waals surface area contributed by atoms with E-state index in [4.69, 9.17) is 0 Å².